The molecule has 0 spiro atoms. The van der Waals surface area contributed by atoms with Gasteiger partial charge in [-0.15, -0.1) is 0 Å². The van der Waals surface area contributed by atoms with Crippen molar-refractivity contribution in [2.45, 2.75) is 44.1 Å². The van der Waals surface area contributed by atoms with E-state index in [0.29, 0.717) is 16.3 Å². The molecule has 4 fully saturated rings. The standard InChI is InChI=1S/C17H21ClN2O/c18-14-3-1-2-13(15(14)19)16(21)20-17-7-10-4-11(8-17)6-12(5-10)9-17/h1-3,10-12H,4-9,19H2,(H,20,21). The number of hydrogen-bond donors (Lipinski definition) is 2. The third-order valence-electron chi connectivity index (χ3n) is 5.71. The van der Waals surface area contributed by atoms with E-state index in [1.54, 1.807) is 18.2 Å². The summed E-state index contributed by atoms with van der Waals surface area (Å²) >= 11 is 6.03. The van der Waals surface area contributed by atoms with E-state index in [-0.39, 0.29) is 11.4 Å². The number of nitrogens with one attached hydrogen (secondary N) is 1. The topological polar surface area (TPSA) is 55.1 Å². The molecule has 1 amide bonds. The molecule has 4 heteroatoms. The van der Waals surface area contributed by atoms with Gasteiger partial charge in [0.05, 0.1) is 16.3 Å². The maximum atomic E-state index is 12.7. The van der Waals surface area contributed by atoms with Crippen molar-refractivity contribution in [2.24, 2.45) is 17.8 Å². The van der Waals surface area contributed by atoms with Gasteiger partial charge in [-0.25, -0.2) is 0 Å². The molecule has 0 aliphatic heterocycles. The van der Waals surface area contributed by atoms with Crippen LogP contribution in [0.2, 0.25) is 5.02 Å². The minimum Gasteiger partial charge on any atom is -0.397 e. The summed E-state index contributed by atoms with van der Waals surface area (Å²) in [5.41, 5.74) is 6.87. The Morgan fingerprint density at radius 3 is 2.29 bits per heavy atom. The number of carbonyl (C=O) groups excluding carboxylic acids is 1. The highest BCUT2D eigenvalue weighted by atomic mass is 35.5. The van der Waals surface area contributed by atoms with Crippen molar-refractivity contribution in [2.75, 3.05) is 5.73 Å². The number of benzene rings is 1. The lowest BCUT2D eigenvalue weighted by Crippen LogP contribution is -2.59. The first-order valence-electron chi connectivity index (χ1n) is 7.91. The van der Waals surface area contributed by atoms with E-state index in [1.807, 2.05) is 0 Å². The summed E-state index contributed by atoms with van der Waals surface area (Å²) in [6, 6.07) is 5.27. The number of carbonyl (C=O) groups is 1. The average molecular weight is 305 g/mol. The highest BCUT2D eigenvalue weighted by Gasteiger charge is 2.51. The van der Waals surface area contributed by atoms with Gasteiger partial charge >= 0.3 is 0 Å². The predicted molar refractivity (Wildman–Crippen MR) is 84.2 cm³/mol. The molecule has 4 aliphatic rings. The fraction of sp³-hybridized carbons (Fsp3) is 0.588. The van der Waals surface area contributed by atoms with Crippen molar-refractivity contribution in [3.63, 3.8) is 0 Å². The monoisotopic (exact) mass is 304 g/mol. The summed E-state index contributed by atoms with van der Waals surface area (Å²) in [5, 5.41) is 3.78. The number of halogens is 1. The van der Waals surface area contributed by atoms with Gasteiger partial charge in [-0.3, -0.25) is 4.79 Å². The van der Waals surface area contributed by atoms with Crippen molar-refractivity contribution in [3.8, 4) is 0 Å². The predicted octanol–water partition coefficient (Wildman–Crippen LogP) is 3.62. The van der Waals surface area contributed by atoms with Gasteiger partial charge in [0.1, 0.15) is 0 Å². The summed E-state index contributed by atoms with van der Waals surface area (Å²) in [6.45, 7) is 0. The van der Waals surface area contributed by atoms with Gasteiger partial charge in [0.2, 0.25) is 0 Å². The molecule has 21 heavy (non-hydrogen) atoms. The van der Waals surface area contributed by atoms with E-state index >= 15 is 0 Å². The van der Waals surface area contributed by atoms with Gasteiger partial charge in [-0.1, -0.05) is 17.7 Å². The van der Waals surface area contributed by atoms with Crippen molar-refractivity contribution in [1.29, 1.82) is 0 Å². The largest absolute Gasteiger partial charge is 0.397 e. The van der Waals surface area contributed by atoms with Crippen LogP contribution in [-0.4, -0.2) is 11.4 Å². The molecule has 1 aromatic carbocycles. The lowest BCUT2D eigenvalue weighted by molar-refractivity contribution is -0.0166. The molecule has 5 rings (SSSR count). The summed E-state index contributed by atoms with van der Waals surface area (Å²) in [5.74, 6) is 2.38. The zero-order valence-electron chi connectivity index (χ0n) is 12.1. The van der Waals surface area contributed by atoms with Crippen molar-refractivity contribution < 1.29 is 4.79 Å². The molecule has 0 heterocycles. The van der Waals surface area contributed by atoms with Crippen LogP contribution in [0.4, 0.5) is 5.69 Å². The maximum absolute atomic E-state index is 12.7. The Hall–Kier alpha value is -1.22. The van der Waals surface area contributed by atoms with Crippen molar-refractivity contribution in [1.82, 2.24) is 5.32 Å². The van der Waals surface area contributed by atoms with E-state index in [0.717, 1.165) is 37.0 Å². The summed E-state index contributed by atoms with van der Waals surface area (Å²) in [4.78, 5) is 12.7. The van der Waals surface area contributed by atoms with Gasteiger partial charge in [-0.2, -0.15) is 0 Å². The van der Waals surface area contributed by atoms with Crippen LogP contribution in [0.5, 0.6) is 0 Å². The number of nitrogens with two attached hydrogens (primary N) is 1. The maximum Gasteiger partial charge on any atom is 0.253 e. The molecule has 112 valence electrons. The van der Waals surface area contributed by atoms with Crippen LogP contribution in [0, 0.1) is 17.8 Å². The minimum atomic E-state index is -0.0584. The van der Waals surface area contributed by atoms with Gasteiger partial charge in [0.15, 0.2) is 0 Å². The highest BCUT2D eigenvalue weighted by molar-refractivity contribution is 6.33. The van der Waals surface area contributed by atoms with Crippen LogP contribution in [0.25, 0.3) is 0 Å². The van der Waals surface area contributed by atoms with E-state index in [4.69, 9.17) is 17.3 Å². The molecule has 0 saturated heterocycles. The molecule has 1 aromatic rings. The van der Waals surface area contributed by atoms with Gasteiger partial charge in [-0.05, 0) is 68.4 Å². The molecular formula is C17H21ClN2O. The number of hydrogen-bond acceptors (Lipinski definition) is 2. The number of para-hydroxylation sites is 1. The van der Waals surface area contributed by atoms with Gasteiger partial charge in [0.25, 0.3) is 5.91 Å². The Morgan fingerprint density at radius 2 is 1.71 bits per heavy atom. The lowest BCUT2D eigenvalue weighted by atomic mass is 9.53. The SMILES string of the molecule is Nc1c(Cl)cccc1C(=O)NC12CC3CC(CC(C3)C1)C2. The Bertz CT molecular complexity index is 563. The van der Waals surface area contributed by atoms with Crippen LogP contribution < -0.4 is 11.1 Å². The first kappa shape index (κ1) is 13.4. The van der Waals surface area contributed by atoms with E-state index in [2.05, 4.69) is 5.32 Å². The zero-order valence-corrected chi connectivity index (χ0v) is 12.8. The number of nitrogen functional groups attached to an aromatic ring is 1. The fourth-order valence-corrected chi connectivity index (χ4v) is 5.48. The van der Waals surface area contributed by atoms with Crippen LogP contribution in [0.1, 0.15) is 48.9 Å². The molecule has 4 bridgehead atoms. The molecule has 0 radical (unpaired) electrons. The third kappa shape index (κ3) is 2.22. The van der Waals surface area contributed by atoms with E-state index in [9.17, 15) is 4.79 Å². The number of amides is 1. The molecule has 4 saturated carbocycles. The van der Waals surface area contributed by atoms with Crippen LogP contribution in [-0.2, 0) is 0 Å². The number of rotatable bonds is 2. The van der Waals surface area contributed by atoms with Crippen molar-refractivity contribution in [3.05, 3.63) is 28.8 Å². The summed E-state index contributed by atoms with van der Waals surface area (Å²) in [6.07, 6.45) is 7.54. The Morgan fingerprint density at radius 1 is 1.14 bits per heavy atom. The van der Waals surface area contributed by atoms with Gasteiger partial charge in [0, 0.05) is 5.54 Å². The Labute approximate surface area is 130 Å². The quantitative estimate of drug-likeness (QED) is 0.820. The second-order valence-electron chi connectivity index (χ2n) is 7.35. The zero-order chi connectivity index (χ0) is 14.6. The molecule has 0 unspecified atom stereocenters. The lowest BCUT2D eigenvalue weighted by Gasteiger charge is -2.56. The van der Waals surface area contributed by atoms with E-state index < -0.39 is 0 Å². The third-order valence-corrected chi connectivity index (χ3v) is 6.04. The normalized spacial score (nSPS) is 36.7. The first-order valence-corrected chi connectivity index (χ1v) is 8.29. The molecule has 3 N–H and O–H groups in total. The molecule has 4 aliphatic carbocycles. The van der Waals surface area contributed by atoms with Gasteiger partial charge < -0.3 is 11.1 Å². The molecule has 3 nitrogen and oxygen atoms in total. The van der Waals surface area contributed by atoms with E-state index in [1.165, 1.54) is 19.3 Å². The van der Waals surface area contributed by atoms with Crippen LogP contribution in [0.3, 0.4) is 0 Å². The smallest absolute Gasteiger partial charge is 0.253 e. The highest BCUT2D eigenvalue weighted by Crippen LogP contribution is 2.55. The summed E-state index contributed by atoms with van der Waals surface area (Å²) in [7, 11) is 0. The molecule has 0 atom stereocenters. The second kappa shape index (κ2) is 4.64. The van der Waals surface area contributed by atoms with Crippen LogP contribution in [0.15, 0.2) is 18.2 Å². The minimum absolute atomic E-state index is 0.0145. The number of anilines is 1. The van der Waals surface area contributed by atoms with Crippen LogP contribution >= 0.6 is 11.6 Å². The fourth-order valence-electron chi connectivity index (χ4n) is 5.31. The first-order chi connectivity index (χ1) is 10.0. The molecular weight excluding hydrogens is 284 g/mol. The second-order valence-corrected chi connectivity index (χ2v) is 7.76. The van der Waals surface area contributed by atoms with Crippen molar-refractivity contribution >= 4 is 23.2 Å². The summed E-state index contributed by atoms with van der Waals surface area (Å²) < 4.78 is 0. The Balaban J connectivity index is 1.58. The Kier molecular flexibility index (Phi) is 2.97. The molecule has 0 aromatic heterocycles. The average Bonchev–Trinajstić information content (AvgIpc) is 2.39.